The zero-order valence-electron chi connectivity index (χ0n) is 15.3. The van der Waals surface area contributed by atoms with E-state index in [1.807, 2.05) is 12.3 Å². The molecule has 1 fully saturated rings. The van der Waals surface area contributed by atoms with Crippen LogP contribution in [0.1, 0.15) is 26.0 Å². The summed E-state index contributed by atoms with van der Waals surface area (Å²) in [5.41, 5.74) is 2.88. The van der Waals surface area contributed by atoms with Gasteiger partial charge in [-0.3, -0.25) is 4.99 Å². The molecular weight excluding hydrogens is 336 g/mol. The predicted octanol–water partition coefficient (Wildman–Crippen LogP) is 2.91. The molecule has 1 unspecified atom stereocenters. The van der Waals surface area contributed by atoms with E-state index in [0.717, 1.165) is 29.9 Å². The smallest absolute Gasteiger partial charge is 0.164 e. The molecule has 25 heavy (non-hydrogen) atoms. The second kappa shape index (κ2) is 7.25. The Labute approximate surface area is 150 Å². The summed E-state index contributed by atoms with van der Waals surface area (Å²) in [4.78, 5) is 11.4. The van der Waals surface area contributed by atoms with Gasteiger partial charge >= 0.3 is 0 Å². The van der Waals surface area contributed by atoms with Crippen LogP contribution in [0.5, 0.6) is 0 Å². The van der Waals surface area contributed by atoms with Gasteiger partial charge in [-0.25, -0.2) is 9.19 Å². The standard InChI is InChI=1S/C18H26N4O2S/c1-5-15-8-14(11-19-15)17-9-16(22-6-7-24-12-13(22)2)10-18(20-17)21-25(3,4)23/h8-11,13,15H,5-7,12H2,1-4H3/t13-,15?/m1/s1. The molecule has 1 saturated heterocycles. The van der Waals surface area contributed by atoms with Gasteiger partial charge in [-0.15, -0.1) is 0 Å². The number of aromatic nitrogens is 1. The molecule has 3 heterocycles. The molecule has 6 nitrogen and oxygen atoms in total. The number of hydrogen-bond donors (Lipinski definition) is 0. The number of morpholine rings is 1. The molecule has 7 heteroatoms. The Morgan fingerprint density at radius 2 is 2.20 bits per heavy atom. The quantitative estimate of drug-likeness (QED) is 0.826. The Morgan fingerprint density at radius 3 is 2.84 bits per heavy atom. The van der Waals surface area contributed by atoms with Crippen LogP contribution in [-0.4, -0.2) is 59.8 Å². The van der Waals surface area contributed by atoms with Crippen LogP contribution in [0, 0.1) is 0 Å². The van der Waals surface area contributed by atoms with E-state index in [0.29, 0.717) is 19.0 Å². The van der Waals surface area contributed by atoms with E-state index in [1.54, 1.807) is 12.5 Å². The van der Waals surface area contributed by atoms with Crippen LogP contribution in [0.2, 0.25) is 0 Å². The molecule has 3 rings (SSSR count). The Morgan fingerprint density at radius 1 is 1.40 bits per heavy atom. The van der Waals surface area contributed by atoms with Crippen molar-refractivity contribution in [2.75, 3.05) is 37.2 Å². The number of anilines is 1. The van der Waals surface area contributed by atoms with Crippen LogP contribution < -0.4 is 4.90 Å². The molecule has 1 aromatic rings. The van der Waals surface area contributed by atoms with E-state index in [9.17, 15) is 4.21 Å². The molecule has 0 aliphatic carbocycles. The minimum absolute atomic E-state index is 0.213. The van der Waals surface area contributed by atoms with Crippen molar-refractivity contribution in [2.45, 2.75) is 32.4 Å². The summed E-state index contributed by atoms with van der Waals surface area (Å²) in [6.07, 6.45) is 8.23. The average molecular weight is 362 g/mol. The summed E-state index contributed by atoms with van der Waals surface area (Å²) in [5, 5.41) is 0. The highest BCUT2D eigenvalue weighted by atomic mass is 32.2. The predicted molar refractivity (Wildman–Crippen MR) is 104 cm³/mol. The van der Waals surface area contributed by atoms with Gasteiger partial charge in [0.1, 0.15) is 0 Å². The van der Waals surface area contributed by atoms with Crippen LogP contribution in [0.15, 0.2) is 27.6 Å². The van der Waals surface area contributed by atoms with E-state index in [-0.39, 0.29) is 12.1 Å². The van der Waals surface area contributed by atoms with Crippen LogP contribution >= 0.6 is 0 Å². The monoisotopic (exact) mass is 362 g/mol. The number of ether oxygens (including phenoxy) is 1. The van der Waals surface area contributed by atoms with Crippen molar-refractivity contribution in [1.82, 2.24) is 4.98 Å². The SMILES string of the molecule is CCC1C=C(c2cc(N3CCOC[C@H]3C)cc(N=S(C)(C)=O)n2)C=N1. The summed E-state index contributed by atoms with van der Waals surface area (Å²) < 4.78 is 22.0. The maximum Gasteiger partial charge on any atom is 0.164 e. The van der Waals surface area contributed by atoms with Crippen molar-refractivity contribution >= 4 is 33.0 Å². The van der Waals surface area contributed by atoms with Crippen molar-refractivity contribution in [3.05, 3.63) is 23.9 Å². The second-order valence-electron chi connectivity index (χ2n) is 6.83. The van der Waals surface area contributed by atoms with Gasteiger partial charge in [-0.05, 0) is 25.5 Å². The largest absolute Gasteiger partial charge is 0.377 e. The summed E-state index contributed by atoms with van der Waals surface area (Å²) in [6, 6.07) is 4.48. The first-order chi connectivity index (χ1) is 11.9. The summed E-state index contributed by atoms with van der Waals surface area (Å²) >= 11 is 0. The lowest BCUT2D eigenvalue weighted by Crippen LogP contribution is -2.43. The third-order valence-corrected chi connectivity index (χ3v) is 4.93. The Bertz CT molecular complexity index is 816. The Hall–Kier alpha value is -1.73. The maximum atomic E-state index is 12.2. The number of pyridine rings is 1. The van der Waals surface area contributed by atoms with Crippen molar-refractivity contribution in [2.24, 2.45) is 9.36 Å². The van der Waals surface area contributed by atoms with E-state index in [2.05, 4.69) is 45.2 Å². The molecule has 2 aliphatic rings. The van der Waals surface area contributed by atoms with Crippen molar-refractivity contribution in [3.63, 3.8) is 0 Å². The summed E-state index contributed by atoms with van der Waals surface area (Å²) in [7, 11) is -2.28. The van der Waals surface area contributed by atoms with Crippen molar-refractivity contribution < 1.29 is 8.95 Å². The lowest BCUT2D eigenvalue weighted by atomic mass is 10.1. The number of rotatable bonds is 4. The molecule has 0 saturated carbocycles. The van der Waals surface area contributed by atoms with Gasteiger partial charge in [-0.2, -0.15) is 4.36 Å². The van der Waals surface area contributed by atoms with E-state index in [4.69, 9.17) is 4.74 Å². The molecule has 0 amide bonds. The van der Waals surface area contributed by atoms with E-state index >= 15 is 0 Å². The highest BCUT2D eigenvalue weighted by Gasteiger charge is 2.21. The molecule has 0 aromatic carbocycles. The summed E-state index contributed by atoms with van der Waals surface area (Å²) in [5.74, 6) is 0.510. The van der Waals surface area contributed by atoms with Gasteiger partial charge in [0.05, 0.1) is 24.9 Å². The maximum absolute atomic E-state index is 12.2. The third kappa shape index (κ3) is 4.46. The molecular formula is C18H26N4O2S. The lowest BCUT2D eigenvalue weighted by Gasteiger charge is -2.35. The molecule has 2 atom stereocenters. The number of aliphatic imine (C=N–C) groups is 1. The van der Waals surface area contributed by atoms with Gasteiger partial charge in [0.15, 0.2) is 5.82 Å². The highest BCUT2D eigenvalue weighted by molar-refractivity contribution is 7.92. The molecule has 2 aliphatic heterocycles. The highest BCUT2D eigenvalue weighted by Crippen LogP contribution is 2.29. The van der Waals surface area contributed by atoms with Crippen molar-refractivity contribution in [1.29, 1.82) is 0 Å². The first kappa shape index (κ1) is 18.1. The molecule has 1 aromatic heterocycles. The fourth-order valence-electron chi connectivity index (χ4n) is 3.04. The third-order valence-electron chi connectivity index (χ3n) is 4.30. The minimum Gasteiger partial charge on any atom is -0.377 e. The minimum atomic E-state index is -2.28. The fourth-order valence-corrected chi connectivity index (χ4v) is 3.59. The van der Waals surface area contributed by atoms with E-state index < -0.39 is 9.73 Å². The number of nitrogens with zero attached hydrogens (tertiary/aromatic N) is 4. The van der Waals surface area contributed by atoms with Gasteiger partial charge in [0.2, 0.25) is 0 Å². The van der Waals surface area contributed by atoms with Gasteiger partial charge in [0, 0.05) is 58.4 Å². The first-order valence-electron chi connectivity index (χ1n) is 8.64. The molecule has 0 bridgehead atoms. The van der Waals surface area contributed by atoms with Crippen LogP contribution in [0.25, 0.3) is 5.57 Å². The molecule has 0 radical (unpaired) electrons. The van der Waals surface area contributed by atoms with Crippen molar-refractivity contribution in [3.8, 4) is 0 Å². The van der Waals surface area contributed by atoms with Gasteiger partial charge in [-0.1, -0.05) is 6.92 Å². The zero-order chi connectivity index (χ0) is 18.0. The van der Waals surface area contributed by atoms with Crippen LogP contribution in [0.3, 0.4) is 0 Å². The number of hydrogen-bond acceptors (Lipinski definition) is 6. The van der Waals surface area contributed by atoms with Gasteiger partial charge in [0.25, 0.3) is 0 Å². The Balaban J connectivity index is 2.06. The number of allylic oxidation sites excluding steroid dienone is 1. The lowest BCUT2D eigenvalue weighted by molar-refractivity contribution is 0.0989. The molecule has 0 spiro atoms. The second-order valence-corrected chi connectivity index (χ2v) is 9.38. The van der Waals surface area contributed by atoms with Crippen LogP contribution in [0.4, 0.5) is 11.5 Å². The zero-order valence-corrected chi connectivity index (χ0v) is 16.1. The van der Waals surface area contributed by atoms with Crippen LogP contribution in [-0.2, 0) is 14.5 Å². The first-order valence-corrected chi connectivity index (χ1v) is 11.0. The van der Waals surface area contributed by atoms with Gasteiger partial charge < -0.3 is 9.64 Å². The summed E-state index contributed by atoms with van der Waals surface area (Å²) in [6.45, 7) is 6.48. The molecule has 0 N–H and O–H groups in total. The normalized spacial score (nSPS) is 23.7. The average Bonchev–Trinajstić information content (AvgIpc) is 3.02. The fraction of sp³-hybridized carbons (Fsp3) is 0.556. The Kier molecular flexibility index (Phi) is 5.24. The topological polar surface area (TPSA) is 67.2 Å². The molecule has 136 valence electrons. The van der Waals surface area contributed by atoms with E-state index in [1.165, 1.54) is 0 Å².